The number of anilines is 1. The first-order valence-electron chi connectivity index (χ1n) is 10.4. The summed E-state index contributed by atoms with van der Waals surface area (Å²) in [6.45, 7) is 2.20. The lowest BCUT2D eigenvalue weighted by atomic mass is 10.2. The fraction of sp³-hybridized carbons (Fsp3) is 0.200. The number of thiazole rings is 1. The topological polar surface area (TPSA) is 76.6 Å². The molecule has 3 aromatic carbocycles. The van der Waals surface area contributed by atoms with Crippen molar-refractivity contribution in [1.29, 1.82) is 0 Å². The van der Waals surface area contributed by atoms with Gasteiger partial charge in [-0.2, -0.15) is 0 Å². The highest BCUT2D eigenvalue weighted by molar-refractivity contribution is 7.91. The third-order valence-electron chi connectivity index (χ3n) is 5.26. The molecule has 1 amide bonds. The van der Waals surface area contributed by atoms with Gasteiger partial charge in [-0.05, 0) is 36.8 Å². The first-order chi connectivity index (χ1) is 15.9. The van der Waals surface area contributed by atoms with Crippen LogP contribution >= 0.6 is 11.3 Å². The molecule has 1 heterocycles. The third-order valence-corrected chi connectivity index (χ3v) is 8.06. The summed E-state index contributed by atoms with van der Waals surface area (Å²) in [6, 6.07) is 21.8. The zero-order chi connectivity index (χ0) is 23.4. The molecule has 0 fully saturated rings. The second-order valence-corrected chi connectivity index (χ2v) is 10.8. The molecule has 0 bridgehead atoms. The van der Waals surface area contributed by atoms with Crippen LogP contribution in [0.25, 0.3) is 10.2 Å². The number of carbonyl (C=O) groups is 1. The molecule has 170 valence electrons. The van der Waals surface area contributed by atoms with Gasteiger partial charge < -0.3 is 4.74 Å². The minimum Gasteiger partial charge on any atom is -0.497 e. The van der Waals surface area contributed by atoms with E-state index in [1.807, 2.05) is 55.5 Å². The Bertz CT molecular complexity index is 1360. The fourth-order valence-electron chi connectivity index (χ4n) is 3.39. The van der Waals surface area contributed by atoms with Crippen molar-refractivity contribution in [3.63, 3.8) is 0 Å². The van der Waals surface area contributed by atoms with Gasteiger partial charge in [0.25, 0.3) is 0 Å². The van der Waals surface area contributed by atoms with Crippen molar-refractivity contribution in [2.45, 2.75) is 24.8 Å². The quantitative estimate of drug-likeness (QED) is 0.354. The monoisotopic (exact) mass is 480 g/mol. The summed E-state index contributed by atoms with van der Waals surface area (Å²) in [4.78, 5) is 19.7. The van der Waals surface area contributed by atoms with Crippen molar-refractivity contribution >= 4 is 42.4 Å². The number of hydrogen-bond acceptors (Lipinski definition) is 6. The summed E-state index contributed by atoms with van der Waals surface area (Å²) < 4.78 is 31.8. The molecule has 6 nitrogen and oxygen atoms in total. The Labute approximate surface area is 197 Å². The normalized spacial score (nSPS) is 11.5. The van der Waals surface area contributed by atoms with Gasteiger partial charge in [0.1, 0.15) is 5.75 Å². The standard InChI is InChI=1S/C25H24N2O4S2/c1-18-8-11-21(12-9-18)33(29,30)15-14-24(28)27(17-19-6-4-3-5-7-19)25-26-22-16-20(31-2)10-13-23(22)32-25/h3-13,16H,14-15,17H2,1-2H3. The summed E-state index contributed by atoms with van der Waals surface area (Å²) in [5, 5.41) is 0.528. The van der Waals surface area contributed by atoms with Crippen LogP contribution in [0.3, 0.4) is 0 Å². The molecule has 0 saturated carbocycles. The first kappa shape index (κ1) is 22.9. The fourth-order valence-corrected chi connectivity index (χ4v) is 5.58. The van der Waals surface area contributed by atoms with Crippen molar-refractivity contribution in [2.24, 2.45) is 0 Å². The minimum absolute atomic E-state index is 0.137. The maximum Gasteiger partial charge on any atom is 0.230 e. The van der Waals surface area contributed by atoms with Crippen molar-refractivity contribution in [1.82, 2.24) is 4.98 Å². The molecular weight excluding hydrogens is 456 g/mol. The number of carbonyl (C=O) groups excluding carboxylic acids is 1. The van der Waals surface area contributed by atoms with E-state index in [4.69, 9.17) is 4.74 Å². The van der Waals surface area contributed by atoms with Gasteiger partial charge in [0, 0.05) is 12.5 Å². The van der Waals surface area contributed by atoms with Crippen molar-refractivity contribution in [3.05, 3.63) is 83.9 Å². The maximum absolute atomic E-state index is 13.3. The number of sulfone groups is 1. The van der Waals surface area contributed by atoms with E-state index >= 15 is 0 Å². The summed E-state index contributed by atoms with van der Waals surface area (Å²) >= 11 is 1.39. The molecule has 0 saturated heterocycles. The zero-order valence-electron chi connectivity index (χ0n) is 18.4. The van der Waals surface area contributed by atoms with Crippen LogP contribution < -0.4 is 9.64 Å². The van der Waals surface area contributed by atoms with E-state index in [0.717, 1.165) is 21.3 Å². The highest BCUT2D eigenvalue weighted by atomic mass is 32.2. The van der Waals surface area contributed by atoms with Gasteiger partial charge in [-0.25, -0.2) is 13.4 Å². The number of ether oxygens (including phenoxy) is 1. The van der Waals surface area contributed by atoms with Crippen molar-refractivity contribution < 1.29 is 17.9 Å². The molecule has 0 aliphatic carbocycles. The molecular formula is C25H24N2O4S2. The maximum atomic E-state index is 13.3. The van der Waals surface area contributed by atoms with Crippen LogP contribution in [0.1, 0.15) is 17.5 Å². The van der Waals surface area contributed by atoms with Gasteiger partial charge in [-0.3, -0.25) is 9.69 Å². The Morgan fingerprint density at radius 2 is 1.76 bits per heavy atom. The van der Waals surface area contributed by atoms with E-state index in [-0.39, 0.29) is 23.0 Å². The predicted octanol–water partition coefficient (Wildman–Crippen LogP) is 5.01. The highest BCUT2D eigenvalue weighted by Crippen LogP contribution is 2.32. The van der Waals surface area contributed by atoms with Gasteiger partial charge in [-0.15, -0.1) is 0 Å². The Morgan fingerprint density at radius 1 is 1.03 bits per heavy atom. The predicted molar refractivity (Wildman–Crippen MR) is 132 cm³/mol. The summed E-state index contributed by atoms with van der Waals surface area (Å²) in [5.74, 6) is 0.129. The number of aryl methyl sites for hydroxylation is 1. The molecule has 33 heavy (non-hydrogen) atoms. The number of benzene rings is 3. The number of amides is 1. The second-order valence-electron chi connectivity index (χ2n) is 7.68. The van der Waals surface area contributed by atoms with E-state index in [0.29, 0.717) is 17.4 Å². The van der Waals surface area contributed by atoms with Crippen LogP contribution in [0.2, 0.25) is 0 Å². The summed E-state index contributed by atoms with van der Waals surface area (Å²) in [6.07, 6.45) is -0.137. The summed E-state index contributed by atoms with van der Waals surface area (Å²) in [7, 11) is -1.98. The van der Waals surface area contributed by atoms with Crippen molar-refractivity contribution in [2.75, 3.05) is 17.8 Å². The number of nitrogens with zero attached hydrogens (tertiary/aromatic N) is 2. The molecule has 0 N–H and O–H groups in total. The van der Waals surface area contributed by atoms with E-state index in [1.54, 1.807) is 36.3 Å². The van der Waals surface area contributed by atoms with Gasteiger partial charge in [0.2, 0.25) is 5.91 Å². The van der Waals surface area contributed by atoms with Gasteiger partial charge in [-0.1, -0.05) is 59.4 Å². The van der Waals surface area contributed by atoms with Gasteiger partial charge in [0.05, 0.1) is 34.5 Å². The van der Waals surface area contributed by atoms with E-state index in [2.05, 4.69) is 4.98 Å². The Balaban J connectivity index is 1.60. The van der Waals surface area contributed by atoms with Crippen LogP contribution in [0.5, 0.6) is 5.75 Å². The zero-order valence-corrected chi connectivity index (χ0v) is 20.0. The molecule has 4 aromatic rings. The largest absolute Gasteiger partial charge is 0.497 e. The third kappa shape index (κ3) is 5.40. The molecule has 0 radical (unpaired) electrons. The van der Waals surface area contributed by atoms with Gasteiger partial charge >= 0.3 is 0 Å². The highest BCUT2D eigenvalue weighted by Gasteiger charge is 2.23. The lowest BCUT2D eigenvalue weighted by Gasteiger charge is -2.20. The number of rotatable bonds is 8. The number of methoxy groups -OCH3 is 1. The van der Waals surface area contributed by atoms with Crippen LogP contribution in [0.15, 0.2) is 77.7 Å². The first-order valence-corrected chi connectivity index (χ1v) is 12.9. The van der Waals surface area contributed by atoms with Crippen LogP contribution in [0.4, 0.5) is 5.13 Å². The summed E-state index contributed by atoms with van der Waals surface area (Å²) in [5.41, 5.74) is 2.64. The number of fused-ring (bicyclic) bond motifs is 1. The number of hydrogen-bond donors (Lipinski definition) is 0. The minimum atomic E-state index is -3.58. The Morgan fingerprint density at radius 3 is 2.45 bits per heavy atom. The molecule has 0 unspecified atom stereocenters. The van der Waals surface area contributed by atoms with Crippen LogP contribution in [-0.4, -0.2) is 32.2 Å². The van der Waals surface area contributed by atoms with Crippen molar-refractivity contribution in [3.8, 4) is 5.75 Å². The van der Waals surface area contributed by atoms with E-state index < -0.39 is 9.84 Å². The molecule has 8 heteroatoms. The Hall–Kier alpha value is -3.23. The average Bonchev–Trinajstić information content (AvgIpc) is 3.25. The van der Waals surface area contributed by atoms with E-state index in [9.17, 15) is 13.2 Å². The average molecular weight is 481 g/mol. The van der Waals surface area contributed by atoms with Crippen LogP contribution in [0, 0.1) is 6.92 Å². The molecule has 0 aliphatic heterocycles. The molecule has 1 aromatic heterocycles. The Kier molecular flexibility index (Phi) is 6.76. The van der Waals surface area contributed by atoms with Gasteiger partial charge in [0.15, 0.2) is 15.0 Å². The lowest BCUT2D eigenvalue weighted by Crippen LogP contribution is -2.31. The molecule has 0 spiro atoms. The van der Waals surface area contributed by atoms with Crippen LogP contribution in [-0.2, 0) is 21.2 Å². The lowest BCUT2D eigenvalue weighted by molar-refractivity contribution is -0.118. The molecule has 0 aliphatic rings. The second kappa shape index (κ2) is 9.72. The number of aromatic nitrogens is 1. The SMILES string of the molecule is COc1ccc2sc(N(Cc3ccccc3)C(=O)CCS(=O)(=O)c3ccc(C)cc3)nc2c1. The molecule has 4 rings (SSSR count). The smallest absolute Gasteiger partial charge is 0.230 e. The van der Waals surface area contributed by atoms with E-state index in [1.165, 1.54) is 11.3 Å². The molecule has 0 atom stereocenters.